The van der Waals surface area contributed by atoms with Crippen LogP contribution >= 0.6 is 0 Å². The Morgan fingerprint density at radius 1 is 1.11 bits per heavy atom. The summed E-state index contributed by atoms with van der Waals surface area (Å²) in [4.78, 5) is 10.7. The molecule has 0 aliphatic carbocycles. The topological polar surface area (TPSA) is 76.5 Å². The van der Waals surface area contributed by atoms with Crippen LogP contribution in [0.4, 0.5) is 0 Å². The van der Waals surface area contributed by atoms with Crippen molar-refractivity contribution in [1.82, 2.24) is 5.16 Å². The number of aromatic nitrogens is 1. The summed E-state index contributed by atoms with van der Waals surface area (Å²) in [5.41, 5.74) is 0.809. The number of hydrogen-bond acceptors (Lipinski definition) is 5. The van der Waals surface area contributed by atoms with E-state index in [2.05, 4.69) is 9.68 Å². The Labute approximate surface area is 108 Å². The maximum Gasteiger partial charge on any atom is 0.542 e. The first-order chi connectivity index (χ1) is 9.24. The van der Waals surface area contributed by atoms with Crippen LogP contribution in [-0.4, -0.2) is 10.3 Å². The summed E-state index contributed by atoms with van der Waals surface area (Å²) in [6.45, 7) is 0. The molecule has 0 aliphatic heterocycles. The van der Waals surface area contributed by atoms with Crippen molar-refractivity contribution in [2.45, 2.75) is 12.8 Å². The minimum absolute atomic E-state index is 0.226. The van der Waals surface area contributed by atoms with Gasteiger partial charge in [-0.2, -0.15) is 0 Å². The lowest BCUT2D eigenvalue weighted by atomic mass is 10.00. The Bertz CT molecular complexity index is 772. The van der Waals surface area contributed by atoms with Crippen LogP contribution in [0.5, 0.6) is 5.75 Å². The van der Waals surface area contributed by atoms with E-state index < -0.39 is 5.82 Å². The quantitative estimate of drug-likeness (QED) is 0.778. The molecule has 0 bridgehead atoms. The number of nitrogens with zero attached hydrogens (tertiary/aromatic N) is 1. The molecule has 3 aromatic rings. The van der Waals surface area contributed by atoms with Crippen LogP contribution in [0.25, 0.3) is 10.8 Å². The molecule has 0 aliphatic rings. The van der Waals surface area contributed by atoms with Gasteiger partial charge in [-0.3, -0.25) is 4.52 Å². The van der Waals surface area contributed by atoms with Gasteiger partial charge >= 0.3 is 5.82 Å². The summed E-state index contributed by atoms with van der Waals surface area (Å²) >= 11 is 0. The number of hydrogen-bond donors (Lipinski definition) is 1. The molecule has 2 aromatic carbocycles. The van der Waals surface area contributed by atoms with Gasteiger partial charge in [0.05, 0.1) is 0 Å². The van der Waals surface area contributed by atoms with Crippen molar-refractivity contribution in [3.8, 4) is 5.75 Å². The number of phenols is 1. The zero-order valence-electron chi connectivity index (χ0n) is 10.00. The van der Waals surface area contributed by atoms with Crippen LogP contribution in [0.2, 0.25) is 0 Å². The van der Waals surface area contributed by atoms with Crippen molar-refractivity contribution >= 4 is 10.8 Å². The van der Waals surface area contributed by atoms with Gasteiger partial charge in [-0.05, 0) is 28.4 Å². The van der Waals surface area contributed by atoms with Crippen molar-refractivity contribution in [2.75, 3.05) is 0 Å². The molecule has 0 atom stereocenters. The van der Waals surface area contributed by atoms with E-state index in [1.165, 1.54) is 0 Å². The smallest absolute Gasteiger partial charge is 0.508 e. The van der Waals surface area contributed by atoms with E-state index in [4.69, 9.17) is 4.42 Å². The van der Waals surface area contributed by atoms with Crippen LogP contribution in [0.15, 0.2) is 50.1 Å². The second kappa shape index (κ2) is 4.61. The Morgan fingerprint density at radius 3 is 2.74 bits per heavy atom. The highest BCUT2D eigenvalue weighted by molar-refractivity contribution is 5.87. The molecule has 1 N–H and O–H groups in total. The fourth-order valence-corrected chi connectivity index (χ4v) is 2.14. The second-order valence-electron chi connectivity index (χ2n) is 4.21. The lowest BCUT2D eigenvalue weighted by Gasteiger charge is -2.07. The third-order valence-electron chi connectivity index (χ3n) is 3.03. The van der Waals surface area contributed by atoms with Crippen molar-refractivity contribution in [2.24, 2.45) is 0 Å². The first-order valence-electron chi connectivity index (χ1n) is 5.89. The van der Waals surface area contributed by atoms with E-state index in [0.29, 0.717) is 12.8 Å². The van der Waals surface area contributed by atoms with E-state index in [1.807, 2.05) is 30.3 Å². The van der Waals surface area contributed by atoms with Gasteiger partial charge in [-0.1, -0.05) is 30.3 Å². The molecule has 0 radical (unpaired) electrons. The standard InChI is InChI=1S/C14H11NO4/c16-12-7-5-9-3-1-2-4-10(9)11(12)6-8-13-15-19-14(17)18-13/h1-5,7,16H,6,8H2. The van der Waals surface area contributed by atoms with E-state index in [0.717, 1.165) is 16.3 Å². The summed E-state index contributed by atoms with van der Waals surface area (Å²) in [6, 6.07) is 11.3. The molecule has 19 heavy (non-hydrogen) atoms. The van der Waals surface area contributed by atoms with Gasteiger partial charge < -0.3 is 9.52 Å². The zero-order chi connectivity index (χ0) is 13.2. The van der Waals surface area contributed by atoms with Crippen LogP contribution < -0.4 is 5.82 Å². The molecule has 5 nitrogen and oxygen atoms in total. The number of phenolic OH excluding ortho intramolecular Hbond substituents is 1. The number of aromatic hydroxyl groups is 1. The lowest BCUT2D eigenvalue weighted by Crippen LogP contribution is -1.94. The largest absolute Gasteiger partial charge is 0.542 e. The Balaban J connectivity index is 1.95. The van der Waals surface area contributed by atoms with E-state index in [-0.39, 0.29) is 11.6 Å². The zero-order valence-corrected chi connectivity index (χ0v) is 10.00. The van der Waals surface area contributed by atoms with Crippen LogP contribution in [0.3, 0.4) is 0 Å². The fraction of sp³-hybridized carbons (Fsp3) is 0.143. The predicted molar refractivity (Wildman–Crippen MR) is 68.1 cm³/mol. The average Bonchev–Trinajstić information content (AvgIpc) is 2.83. The lowest BCUT2D eigenvalue weighted by molar-refractivity contribution is 0.334. The third kappa shape index (κ3) is 2.22. The van der Waals surface area contributed by atoms with Crippen molar-refractivity contribution in [1.29, 1.82) is 0 Å². The summed E-state index contributed by atoms with van der Waals surface area (Å²) in [5.74, 6) is -0.348. The number of fused-ring (bicyclic) bond motifs is 1. The van der Waals surface area contributed by atoms with Gasteiger partial charge in [0.2, 0.25) is 5.89 Å². The van der Waals surface area contributed by atoms with Gasteiger partial charge in [0.15, 0.2) is 0 Å². The molecule has 1 heterocycles. The third-order valence-corrected chi connectivity index (χ3v) is 3.03. The van der Waals surface area contributed by atoms with Gasteiger partial charge in [0, 0.05) is 12.0 Å². The number of rotatable bonds is 3. The number of aryl methyl sites for hydroxylation is 2. The van der Waals surface area contributed by atoms with Gasteiger partial charge in [-0.15, -0.1) is 0 Å². The first-order valence-corrected chi connectivity index (χ1v) is 5.89. The van der Waals surface area contributed by atoms with E-state index in [1.54, 1.807) is 6.07 Å². The van der Waals surface area contributed by atoms with Gasteiger partial charge in [-0.25, -0.2) is 4.79 Å². The summed E-state index contributed by atoms with van der Waals surface area (Å²) in [7, 11) is 0. The minimum atomic E-state index is -0.808. The molecule has 96 valence electrons. The molecule has 0 saturated heterocycles. The Kier molecular flexibility index (Phi) is 2.79. The highest BCUT2D eigenvalue weighted by Crippen LogP contribution is 2.28. The van der Waals surface area contributed by atoms with Crippen LogP contribution in [0.1, 0.15) is 11.5 Å². The average molecular weight is 257 g/mol. The maximum atomic E-state index is 10.7. The van der Waals surface area contributed by atoms with Crippen molar-refractivity contribution in [3.63, 3.8) is 0 Å². The molecule has 5 heteroatoms. The molecule has 3 rings (SSSR count). The highest BCUT2D eigenvalue weighted by Gasteiger charge is 2.10. The van der Waals surface area contributed by atoms with E-state index >= 15 is 0 Å². The molecule has 0 saturated carbocycles. The molecular formula is C14H11NO4. The second-order valence-corrected chi connectivity index (χ2v) is 4.21. The van der Waals surface area contributed by atoms with Gasteiger partial charge in [0.1, 0.15) is 5.75 Å². The predicted octanol–water partition coefficient (Wildman–Crippen LogP) is 2.27. The van der Waals surface area contributed by atoms with Crippen LogP contribution in [0, 0.1) is 0 Å². The van der Waals surface area contributed by atoms with Crippen molar-refractivity contribution in [3.05, 3.63) is 58.5 Å². The molecule has 0 fully saturated rings. The van der Waals surface area contributed by atoms with E-state index in [9.17, 15) is 9.90 Å². The molecule has 0 unspecified atom stereocenters. The summed E-state index contributed by atoms with van der Waals surface area (Å²) in [6.07, 6.45) is 0.913. The molecule has 1 aromatic heterocycles. The highest BCUT2D eigenvalue weighted by atomic mass is 16.6. The molecule has 0 amide bonds. The fourth-order valence-electron chi connectivity index (χ4n) is 2.14. The Morgan fingerprint density at radius 2 is 1.95 bits per heavy atom. The minimum Gasteiger partial charge on any atom is -0.508 e. The summed E-state index contributed by atoms with van der Waals surface area (Å²) in [5, 5.41) is 15.5. The Hall–Kier alpha value is -2.56. The molecular weight excluding hydrogens is 246 g/mol. The number of benzene rings is 2. The SMILES string of the molecule is O=c1onc(CCc2c(O)ccc3ccccc23)o1. The van der Waals surface area contributed by atoms with Gasteiger partial charge in [0.25, 0.3) is 0 Å². The van der Waals surface area contributed by atoms with Crippen molar-refractivity contribution < 1.29 is 14.0 Å². The summed E-state index contributed by atoms with van der Waals surface area (Å²) < 4.78 is 9.08. The van der Waals surface area contributed by atoms with Crippen LogP contribution in [-0.2, 0) is 12.8 Å². The monoisotopic (exact) mass is 257 g/mol. The first kappa shape index (κ1) is 11.5. The molecule has 0 spiro atoms. The maximum absolute atomic E-state index is 10.7. The normalized spacial score (nSPS) is 10.9.